The number of aromatic nitrogens is 2. The topological polar surface area (TPSA) is 69.0 Å². The average Bonchev–Trinajstić information content (AvgIpc) is 3.07. The van der Waals surface area contributed by atoms with Gasteiger partial charge < -0.3 is 14.3 Å². The van der Waals surface area contributed by atoms with Crippen molar-refractivity contribution in [2.24, 2.45) is 5.92 Å². The first-order valence-corrected chi connectivity index (χ1v) is 11.1. The second kappa shape index (κ2) is 9.80. The van der Waals surface area contributed by atoms with Crippen molar-refractivity contribution < 1.29 is 18.0 Å². The van der Waals surface area contributed by atoms with Crippen molar-refractivity contribution in [3.63, 3.8) is 0 Å². The van der Waals surface area contributed by atoms with Crippen LogP contribution in [-0.4, -0.2) is 27.8 Å². The summed E-state index contributed by atoms with van der Waals surface area (Å²) < 4.78 is 37.8. The van der Waals surface area contributed by atoms with Gasteiger partial charge in [0, 0.05) is 42.0 Å². The zero-order valence-electron chi connectivity index (χ0n) is 17.5. The Morgan fingerprint density at radius 2 is 1.84 bits per heavy atom. The van der Waals surface area contributed by atoms with Crippen LogP contribution in [0.5, 0.6) is 0 Å². The fourth-order valence-corrected chi connectivity index (χ4v) is 4.64. The highest BCUT2D eigenvalue weighted by Gasteiger charge is 2.39. The molecule has 2 aromatic rings. The zero-order valence-corrected chi connectivity index (χ0v) is 18.3. The molecular weight excluding hydrogens is 427 g/mol. The number of carbonyl (C=O) groups is 1. The zero-order chi connectivity index (χ0) is 22.6. The molecule has 0 saturated heterocycles. The fourth-order valence-electron chi connectivity index (χ4n) is 3.87. The highest BCUT2D eigenvalue weighted by atomic mass is 32.2. The highest BCUT2D eigenvalue weighted by Crippen LogP contribution is 2.39. The second-order valence-electron chi connectivity index (χ2n) is 7.70. The number of alkyl halides is 3. The summed E-state index contributed by atoms with van der Waals surface area (Å²) in [6.45, 7) is 4.54. The first kappa shape index (κ1) is 23.2. The van der Waals surface area contributed by atoms with Crippen LogP contribution in [0.25, 0.3) is 17.2 Å². The molecule has 2 N–H and O–H groups in total. The van der Waals surface area contributed by atoms with E-state index in [2.05, 4.69) is 9.97 Å². The van der Waals surface area contributed by atoms with Crippen molar-refractivity contribution in [2.75, 3.05) is 10.8 Å². The van der Waals surface area contributed by atoms with Gasteiger partial charge in [0.25, 0.3) is 0 Å². The molecule has 0 amide bonds. The van der Waals surface area contributed by atoms with Crippen LogP contribution < -0.4 is 9.86 Å². The maximum atomic E-state index is 11.9. The Bertz CT molecular complexity index is 1000. The monoisotopic (exact) mass is 453 g/mol. The number of hydrogen-bond acceptors (Lipinski definition) is 4. The van der Waals surface area contributed by atoms with E-state index in [1.165, 1.54) is 11.9 Å². The van der Waals surface area contributed by atoms with Gasteiger partial charge in [0.2, 0.25) is 10.7 Å². The summed E-state index contributed by atoms with van der Waals surface area (Å²) in [7, 11) is 0. The highest BCUT2D eigenvalue weighted by molar-refractivity contribution is 8.15. The van der Waals surface area contributed by atoms with E-state index in [1.54, 1.807) is 18.2 Å². The van der Waals surface area contributed by atoms with Crippen LogP contribution in [0.4, 0.5) is 18.9 Å². The first-order chi connectivity index (χ1) is 14.7. The smallest absolute Gasteiger partial charge is 0.359 e. The van der Waals surface area contributed by atoms with E-state index in [0.717, 1.165) is 47.5 Å². The van der Waals surface area contributed by atoms with E-state index in [4.69, 9.17) is 0 Å². The maximum absolute atomic E-state index is 11.9. The lowest BCUT2D eigenvalue weighted by molar-refractivity contribution is -0.181. The normalized spacial score (nSPS) is 17.1. The molecular formula is C22H26F3N3O2S. The number of H-pyrrole nitrogens is 2. The molecule has 168 valence electrons. The molecule has 1 saturated carbocycles. The molecule has 0 aromatic carbocycles. The largest absolute Gasteiger partial charge is 0.391 e. The van der Waals surface area contributed by atoms with E-state index in [9.17, 15) is 22.8 Å². The summed E-state index contributed by atoms with van der Waals surface area (Å²) in [5.74, 6) is -0.999. The minimum Gasteiger partial charge on any atom is -0.359 e. The van der Waals surface area contributed by atoms with E-state index in [0.29, 0.717) is 19.4 Å². The van der Waals surface area contributed by atoms with Crippen LogP contribution in [0.3, 0.4) is 0 Å². The van der Waals surface area contributed by atoms with E-state index in [-0.39, 0.29) is 10.7 Å². The number of pyridine rings is 1. The molecule has 0 atom stereocenters. The van der Waals surface area contributed by atoms with Gasteiger partial charge in [-0.05, 0) is 50.5 Å². The molecule has 0 unspecified atom stereocenters. The Kier molecular flexibility index (Phi) is 7.35. The van der Waals surface area contributed by atoms with Crippen LogP contribution in [0, 0.1) is 12.8 Å². The molecule has 2 aliphatic rings. The lowest BCUT2D eigenvalue weighted by Crippen LogP contribution is -2.24. The Balaban J connectivity index is 0.000000229. The van der Waals surface area contributed by atoms with E-state index < -0.39 is 12.1 Å². The summed E-state index contributed by atoms with van der Waals surface area (Å²) in [5, 5.41) is -0.00510. The summed E-state index contributed by atoms with van der Waals surface area (Å²) >= 11 is 1.17. The van der Waals surface area contributed by atoms with Gasteiger partial charge in [-0.25, -0.2) is 0 Å². The number of aromatic amines is 2. The van der Waals surface area contributed by atoms with Gasteiger partial charge in [0.1, 0.15) is 0 Å². The Hall–Kier alpha value is -2.42. The van der Waals surface area contributed by atoms with Gasteiger partial charge in [-0.3, -0.25) is 9.59 Å². The van der Waals surface area contributed by atoms with Crippen LogP contribution in [-0.2, 0) is 4.79 Å². The van der Waals surface area contributed by atoms with Crippen LogP contribution in [0.15, 0.2) is 29.2 Å². The first-order valence-electron chi connectivity index (χ1n) is 10.4. The number of anilines is 1. The number of fused-ring (bicyclic) bond motifs is 1. The van der Waals surface area contributed by atoms with Crippen molar-refractivity contribution in [3.8, 4) is 11.1 Å². The Labute approximate surface area is 183 Å². The summed E-state index contributed by atoms with van der Waals surface area (Å²) in [4.78, 5) is 29.4. The van der Waals surface area contributed by atoms with Crippen LogP contribution >= 0.6 is 11.9 Å². The molecule has 1 fully saturated rings. The molecule has 5 nitrogen and oxygen atoms in total. The molecule has 9 heteroatoms. The lowest BCUT2D eigenvalue weighted by Gasteiger charge is -2.23. The molecule has 0 bridgehead atoms. The molecule has 0 radical (unpaired) electrons. The van der Waals surface area contributed by atoms with Crippen molar-refractivity contribution in [3.05, 3.63) is 46.1 Å². The average molecular weight is 454 g/mol. The molecule has 2 aromatic heterocycles. The molecule has 0 spiro atoms. The second-order valence-corrected chi connectivity index (χ2v) is 8.72. The third-order valence-electron chi connectivity index (χ3n) is 5.36. The summed E-state index contributed by atoms with van der Waals surface area (Å²) in [6, 6.07) is 3.51. The Morgan fingerprint density at radius 1 is 1.13 bits per heavy atom. The third-order valence-corrected chi connectivity index (χ3v) is 6.34. The Morgan fingerprint density at radius 3 is 2.42 bits per heavy atom. The quantitative estimate of drug-likeness (QED) is 0.561. The van der Waals surface area contributed by atoms with Crippen molar-refractivity contribution >= 4 is 28.8 Å². The molecule has 1 aliphatic carbocycles. The minimum atomic E-state index is -3.93. The van der Waals surface area contributed by atoms with Gasteiger partial charge in [-0.2, -0.15) is 13.2 Å². The summed E-state index contributed by atoms with van der Waals surface area (Å²) in [5.41, 5.74) is 4.26. The molecule has 1 aliphatic heterocycles. The molecule has 3 heterocycles. The molecule has 31 heavy (non-hydrogen) atoms. The molecule has 4 rings (SSSR count). The van der Waals surface area contributed by atoms with Gasteiger partial charge in [-0.1, -0.05) is 19.3 Å². The minimum absolute atomic E-state index is 0.00510. The lowest BCUT2D eigenvalue weighted by atomic mass is 9.89. The van der Waals surface area contributed by atoms with Gasteiger partial charge >= 0.3 is 6.18 Å². The fraction of sp³-hybridized carbons (Fsp3) is 0.455. The number of nitrogens with zero attached hydrogens (tertiary/aromatic N) is 1. The van der Waals surface area contributed by atoms with Crippen molar-refractivity contribution in [1.82, 2.24) is 9.97 Å². The van der Waals surface area contributed by atoms with Crippen molar-refractivity contribution in [2.45, 2.75) is 52.1 Å². The van der Waals surface area contributed by atoms with Crippen LogP contribution in [0.1, 0.15) is 50.4 Å². The number of nitrogens with one attached hydrogen (secondary N) is 2. The summed E-state index contributed by atoms with van der Waals surface area (Å²) in [6.07, 6.45) is 4.48. The number of halogens is 3. The van der Waals surface area contributed by atoms with Crippen molar-refractivity contribution in [1.29, 1.82) is 0 Å². The number of hydrogen-bond donors (Lipinski definition) is 2. The number of rotatable bonds is 2. The number of aryl methyl sites for hydroxylation is 1. The SMILES string of the molecule is CCN1SC(=O)C=Cc2[nH]cc(-c3cc(C)[nH]c(=O)c3)c21.FC(F)(F)C1CCCCC1. The van der Waals surface area contributed by atoms with Gasteiger partial charge in [0.05, 0.1) is 17.3 Å². The van der Waals surface area contributed by atoms with Gasteiger partial charge in [0.15, 0.2) is 0 Å². The maximum Gasteiger partial charge on any atom is 0.391 e. The predicted octanol–water partition coefficient (Wildman–Crippen LogP) is 5.84. The van der Waals surface area contributed by atoms with E-state index in [1.807, 2.05) is 30.4 Å². The van der Waals surface area contributed by atoms with E-state index >= 15 is 0 Å². The van der Waals surface area contributed by atoms with Gasteiger partial charge in [-0.15, -0.1) is 0 Å². The van der Waals surface area contributed by atoms with Crippen LogP contribution in [0.2, 0.25) is 0 Å². The third kappa shape index (κ3) is 5.84. The number of carbonyl (C=O) groups excluding carboxylic acids is 1. The standard InChI is InChI=1S/C15H15N3O2S.C7H11F3/c1-3-18-15-11(10-6-9(2)17-13(19)7-10)8-16-12(15)4-5-14(20)21-18;8-7(9,10)6-4-2-1-3-5-6/h4-8,16H,3H2,1-2H3,(H,17,19);6H,1-5H2. The predicted molar refractivity (Wildman–Crippen MR) is 119 cm³/mol.